The van der Waals surface area contributed by atoms with Crippen LogP contribution < -0.4 is 5.73 Å². The van der Waals surface area contributed by atoms with E-state index in [4.69, 9.17) is 10.5 Å². The van der Waals surface area contributed by atoms with Crippen LogP contribution in [0.3, 0.4) is 0 Å². The molecule has 1 heterocycles. The minimum atomic E-state index is -3.51. The Morgan fingerprint density at radius 1 is 1.45 bits per heavy atom. The van der Waals surface area contributed by atoms with Gasteiger partial charge >= 0.3 is 0 Å². The lowest BCUT2D eigenvalue weighted by molar-refractivity contribution is -0.0230. The fourth-order valence-corrected chi connectivity index (χ4v) is 4.48. The summed E-state index contributed by atoms with van der Waals surface area (Å²) in [6, 6.07) is 4.81. The Bertz CT molecular complexity index is 586. The van der Waals surface area contributed by atoms with Crippen molar-refractivity contribution in [2.45, 2.75) is 44.2 Å². The van der Waals surface area contributed by atoms with E-state index in [0.717, 1.165) is 6.42 Å². The Kier molecular flexibility index (Phi) is 4.36. The lowest BCUT2D eigenvalue weighted by Gasteiger charge is -2.37. The number of nitrogens with zero attached hydrogens (tertiary/aromatic N) is 1. The zero-order valence-corrected chi connectivity index (χ0v) is 13.0. The number of benzene rings is 1. The van der Waals surface area contributed by atoms with Crippen LogP contribution in [0.25, 0.3) is 0 Å². The molecule has 0 aliphatic carbocycles. The topological polar surface area (TPSA) is 72.6 Å². The van der Waals surface area contributed by atoms with E-state index in [0.29, 0.717) is 29.3 Å². The number of nitrogen functional groups attached to an aromatic ring is 1. The highest BCUT2D eigenvalue weighted by atomic mass is 32.2. The molecule has 1 fully saturated rings. The summed E-state index contributed by atoms with van der Waals surface area (Å²) in [6.45, 7) is 6.48. The number of nitrogens with two attached hydrogens (primary N) is 1. The number of aryl methyl sites for hydroxylation is 1. The zero-order chi connectivity index (χ0) is 14.9. The van der Waals surface area contributed by atoms with Gasteiger partial charge in [-0.05, 0) is 44.0 Å². The minimum absolute atomic E-state index is 0.0818. The summed E-state index contributed by atoms with van der Waals surface area (Å²) in [5, 5.41) is 0. The summed E-state index contributed by atoms with van der Waals surface area (Å²) in [6.07, 6.45) is 0.654. The van der Waals surface area contributed by atoms with Gasteiger partial charge in [0.1, 0.15) is 0 Å². The largest absolute Gasteiger partial charge is 0.399 e. The van der Waals surface area contributed by atoms with E-state index in [9.17, 15) is 8.42 Å². The Morgan fingerprint density at radius 3 is 2.75 bits per heavy atom. The van der Waals surface area contributed by atoms with Gasteiger partial charge in [0.15, 0.2) is 0 Å². The second kappa shape index (κ2) is 5.71. The van der Waals surface area contributed by atoms with E-state index in [1.54, 1.807) is 29.4 Å². The van der Waals surface area contributed by atoms with Crippen molar-refractivity contribution in [3.8, 4) is 0 Å². The fraction of sp³-hybridized carbons (Fsp3) is 0.571. The summed E-state index contributed by atoms with van der Waals surface area (Å²) in [5.74, 6) is 0. The monoisotopic (exact) mass is 298 g/mol. The SMILES string of the molecule is CCC1COC(C)CN1S(=O)(=O)c1ccc(N)cc1C. The molecule has 0 amide bonds. The summed E-state index contributed by atoms with van der Waals surface area (Å²) in [5.41, 5.74) is 6.95. The third-order valence-electron chi connectivity index (χ3n) is 3.67. The molecule has 2 atom stereocenters. The van der Waals surface area contributed by atoms with Gasteiger partial charge in [0, 0.05) is 18.3 Å². The molecule has 0 radical (unpaired) electrons. The number of rotatable bonds is 3. The average molecular weight is 298 g/mol. The highest BCUT2D eigenvalue weighted by Gasteiger charge is 2.36. The van der Waals surface area contributed by atoms with Crippen LogP contribution in [-0.4, -0.2) is 38.0 Å². The van der Waals surface area contributed by atoms with Crippen molar-refractivity contribution >= 4 is 15.7 Å². The maximum atomic E-state index is 12.9. The summed E-state index contributed by atoms with van der Waals surface area (Å²) >= 11 is 0. The smallest absolute Gasteiger partial charge is 0.243 e. The first-order valence-corrected chi connectivity index (χ1v) is 8.29. The molecule has 1 aliphatic rings. The van der Waals surface area contributed by atoms with Crippen molar-refractivity contribution in [3.63, 3.8) is 0 Å². The van der Waals surface area contributed by atoms with Crippen LogP contribution in [0.15, 0.2) is 23.1 Å². The number of hydrogen-bond acceptors (Lipinski definition) is 4. The van der Waals surface area contributed by atoms with Crippen molar-refractivity contribution in [1.29, 1.82) is 0 Å². The average Bonchev–Trinajstić information content (AvgIpc) is 2.38. The van der Waals surface area contributed by atoms with Gasteiger partial charge in [0.2, 0.25) is 10.0 Å². The maximum Gasteiger partial charge on any atom is 0.243 e. The van der Waals surface area contributed by atoms with Gasteiger partial charge in [0.25, 0.3) is 0 Å². The lowest BCUT2D eigenvalue weighted by Crippen LogP contribution is -2.51. The van der Waals surface area contributed by atoms with E-state index >= 15 is 0 Å². The van der Waals surface area contributed by atoms with Crippen LogP contribution in [0.1, 0.15) is 25.8 Å². The Balaban J connectivity index is 2.42. The van der Waals surface area contributed by atoms with Crippen molar-refractivity contribution in [1.82, 2.24) is 4.31 Å². The standard InChI is InChI=1S/C14H22N2O3S/c1-4-13-9-19-11(3)8-16(13)20(17,18)14-6-5-12(15)7-10(14)2/h5-7,11,13H,4,8-9,15H2,1-3H3. The number of anilines is 1. The number of ether oxygens (including phenoxy) is 1. The van der Waals surface area contributed by atoms with E-state index in [2.05, 4.69) is 0 Å². The number of sulfonamides is 1. The molecule has 0 bridgehead atoms. The molecule has 1 saturated heterocycles. The Hall–Kier alpha value is -1.11. The molecule has 2 rings (SSSR count). The second-order valence-corrected chi connectivity index (χ2v) is 7.16. The Morgan fingerprint density at radius 2 is 2.15 bits per heavy atom. The molecule has 0 spiro atoms. The maximum absolute atomic E-state index is 12.9. The highest BCUT2D eigenvalue weighted by molar-refractivity contribution is 7.89. The van der Waals surface area contributed by atoms with Crippen molar-refractivity contribution in [3.05, 3.63) is 23.8 Å². The van der Waals surface area contributed by atoms with Crippen LogP contribution in [0, 0.1) is 6.92 Å². The quantitative estimate of drug-likeness (QED) is 0.863. The van der Waals surface area contributed by atoms with E-state index in [1.165, 1.54) is 0 Å². The van der Waals surface area contributed by atoms with E-state index in [1.807, 2.05) is 13.8 Å². The molecular formula is C14H22N2O3S. The van der Waals surface area contributed by atoms with Gasteiger partial charge in [0.05, 0.1) is 17.6 Å². The van der Waals surface area contributed by atoms with Gasteiger partial charge in [-0.3, -0.25) is 0 Å². The second-order valence-electron chi connectivity index (χ2n) is 5.31. The molecule has 5 nitrogen and oxygen atoms in total. The van der Waals surface area contributed by atoms with Crippen LogP contribution >= 0.6 is 0 Å². The molecule has 1 aromatic carbocycles. The Labute approximate surface area is 120 Å². The normalized spacial score (nSPS) is 24.8. The molecule has 20 heavy (non-hydrogen) atoms. The molecule has 1 aromatic rings. The van der Waals surface area contributed by atoms with Crippen LogP contribution in [-0.2, 0) is 14.8 Å². The highest BCUT2D eigenvalue weighted by Crippen LogP contribution is 2.27. The van der Waals surface area contributed by atoms with Crippen molar-refractivity contribution in [2.24, 2.45) is 0 Å². The molecular weight excluding hydrogens is 276 g/mol. The molecule has 2 N–H and O–H groups in total. The predicted molar refractivity (Wildman–Crippen MR) is 79.0 cm³/mol. The summed E-state index contributed by atoms with van der Waals surface area (Å²) in [4.78, 5) is 0.333. The molecule has 2 unspecified atom stereocenters. The van der Waals surface area contributed by atoms with Gasteiger partial charge < -0.3 is 10.5 Å². The summed E-state index contributed by atoms with van der Waals surface area (Å²) < 4.78 is 32.9. The van der Waals surface area contributed by atoms with Crippen molar-refractivity contribution in [2.75, 3.05) is 18.9 Å². The number of morpholine rings is 1. The van der Waals surface area contributed by atoms with Crippen LogP contribution in [0.4, 0.5) is 5.69 Å². The van der Waals surface area contributed by atoms with Gasteiger partial charge in [-0.2, -0.15) is 4.31 Å². The predicted octanol–water partition coefficient (Wildman–Crippen LogP) is 1.77. The third-order valence-corrected chi connectivity index (χ3v) is 5.75. The van der Waals surface area contributed by atoms with Gasteiger partial charge in [-0.1, -0.05) is 6.92 Å². The molecule has 0 saturated carbocycles. The molecule has 1 aliphatic heterocycles. The van der Waals surface area contributed by atoms with Crippen LogP contribution in [0.2, 0.25) is 0 Å². The first-order valence-electron chi connectivity index (χ1n) is 6.85. The summed E-state index contributed by atoms with van der Waals surface area (Å²) in [7, 11) is -3.51. The van der Waals surface area contributed by atoms with Crippen molar-refractivity contribution < 1.29 is 13.2 Å². The molecule has 112 valence electrons. The van der Waals surface area contributed by atoms with E-state index in [-0.39, 0.29) is 12.1 Å². The van der Waals surface area contributed by atoms with E-state index < -0.39 is 10.0 Å². The first-order chi connectivity index (χ1) is 9.36. The third kappa shape index (κ3) is 2.82. The van der Waals surface area contributed by atoms with Gasteiger partial charge in [-0.25, -0.2) is 8.42 Å². The van der Waals surface area contributed by atoms with Gasteiger partial charge in [-0.15, -0.1) is 0 Å². The molecule has 6 heteroatoms. The zero-order valence-electron chi connectivity index (χ0n) is 12.2. The molecule has 0 aromatic heterocycles. The van der Waals surface area contributed by atoms with Crippen LogP contribution in [0.5, 0.6) is 0 Å². The minimum Gasteiger partial charge on any atom is -0.399 e. The first kappa shape index (κ1) is 15.3. The fourth-order valence-electron chi connectivity index (χ4n) is 2.52. The lowest BCUT2D eigenvalue weighted by atomic mass is 10.2. The number of hydrogen-bond donors (Lipinski definition) is 1.